The fraction of sp³-hybridized carbons (Fsp3) is 0.143. The summed E-state index contributed by atoms with van der Waals surface area (Å²) in [6.45, 7) is 4.25. The van der Waals surface area contributed by atoms with Crippen LogP contribution in [0, 0.1) is 13.8 Å². The van der Waals surface area contributed by atoms with Gasteiger partial charge in [-0.25, -0.2) is 9.97 Å². The molecule has 1 aliphatic rings. The van der Waals surface area contributed by atoms with Crippen LogP contribution in [-0.4, -0.2) is 14.5 Å². The van der Waals surface area contributed by atoms with Gasteiger partial charge in [-0.3, -0.25) is 0 Å². The van der Waals surface area contributed by atoms with E-state index in [1.54, 1.807) is 0 Å². The van der Waals surface area contributed by atoms with Gasteiger partial charge in [0.15, 0.2) is 0 Å². The summed E-state index contributed by atoms with van der Waals surface area (Å²) in [7, 11) is 0. The Hall–Kier alpha value is -2.94. The third-order valence-electron chi connectivity index (χ3n) is 5.00. The van der Waals surface area contributed by atoms with Crippen LogP contribution in [0.4, 0.5) is 0 Å². The van der Waals surface area contributed by atoms with Gasteiger partial charge in [-0.1, -0.05) is 24.3 Å². The molecule has 2 aromatic carbocycles. The van der Waals surface area contributed by atoms with Crippen molar-refractivity contribution in [3.05, 3.63) is 83.3 Å². The molecule has 1 unspecified atom stereocenters. The number of rotatable bonds is 1. The van der Waals surface area contributed by atoms with E-state index in [0.717, 1.165) is 22.4 Å². The highest BCUT2D eigenvalue weighted by Crippen LogP contribution is 2.44. The van der Waals surface area contributed by atoms with Crippen LogP contribution in [0.2, 0.25) is 0 Å². The molecule has 3 nitrogen and oxygen atoms in total. The third kappa shape index (κ3) is 1.78. The predicted molar refractivity (Wildman–Crippen MR) is 96.1 cm³/mol. The van der Waals surface area contributed by atoms with Gasteiger partial charge >= 0.3 is 0 Å². The van der Waals surface area contributed by atoms with E-state index in [1.165, 1.54) is 22.3 Å². The van der Waals surface area contributed by atoms with Gasteiger partial charge in [-0.05, 0) is 54.8 Å². The molecule has 24 heavy (non-hydrogen) atoms. The highest BCUT2D eigenvalue weighted by Gasteiger charge is 2.32. The second-order valence-corrected chi connectivity index (χ2v) is 6.50. The Balaban J connectivity index is 1.86. The van der Waals surface area contributed by atoms with Crippen LogP contribution in [0.15, 0.2) is 60.9 Å². The normalized spacial score (nSPS) is 15.5. The van der Waals surface area contributed by atoms with Crippen LogP contribution in [-0.2, 0) is 0 Å². The summed E-state index contributed by atoms with van der Waals surface area (Å²) < 4.78 is 2.21. The van der Waals surface area contributed by atoms with Crippen molar-refractivity contribution < 1.29 is 0 Å². The smallest absolute Gasteiger partial charge is 0.103 e. The first-order valence-corrected chi connectivity index (χ1v) is 8.23. The van der Waals surface area contributed by atoms with Crippen molar-refractivity contribution in [3.8, 4) is 11.3 Å². The molecule has 0 saturated heterocycles. The van der Waals surface area contributed by atoms with E-state index < -0.39 is 0 Å². The Morgan fingerprint density at radius 2 is 1.50 bits per heavy atom. The molecular formula is C21H17N3. The molecule has 0 bridgehead atoms. The van der Waals surface area contributed by atoms with Crippen molar-refractivity contribution in [1.29, 1.82) is 0 Å². The molecule has 0 spiro atoms. The molecule has 2 aromatic heterocycles. The zero-order valence-electron chi connectivity index (χ0n) is 13.7. The Morgan fingerprint density at radius 1 is 0.833 bits per heavy atom. The number of aryl methyl sites for hydroxylation is 2. The van der Waals surface area contributed by atoms with Crippen LogP contribution in [0.3, 0.4) is 0 Å². The zero-order valence-corrected chi connectivity index (χ0v) is 13.7. The Bertz CT molecular complexity index is 1080. The Labute approximate surface area is 140 Å². The van der Waals surface area contributed by atoms with E-state index in [0.29, 0.717) is 0 Å². The summed E-state index contributed by atoms with van der Waals surface area (Å²) in [5.41, 5.74) is 8.98. The fourth-order valence-electron chi connectivity index (χ4n) is 3.63. The zero-order chi connectivity index (χ0) is 16.3. The van der Waals surface area contributed by atoms with Gasteiger partial charge in [0.05, 0.1) is 22.4 Å². The highest BCUT2D eigenvalue weighted by molar-refractivity contribution is 5.83. The number of hydrogen-bond acceptors (Lipinski definition) is 2. The van der Waals surface area contributed by atoms with Crippen molar-refractivity contribution in [2.24, 2.45) is 0 Å². The molecule has 2 heterocycles. The molecule has 0 amide bonds. The molecule has 4 aromatic rings. The lowest BCUT2D eigenvalue weighted by atomic mass is 10.1. The van der Waals surface area contributed by atoms with Gasteiger partial charge in [-0.2, -0.15) is 0 Å². The molecule has 3 heteroatoms. The lowest BCUT2D eigenvalue weighted by Crippen LogP contribution is -2.09. The monoisotopic (exact) mass is 311 g/mol. The molecule has 0 fully saturated rings. The predicted octanol–water partition coefficient (Wildman–Crippen LogP) is 4.67. The van der Waals surface area contributed by atoms with Crippen molar-refractivity contribution in [3.63, 3.8) is 0 Å². The van der Waals surface area contributed by atoms with Crippen LogP contribution >= 0.6 is 0 Å². The molecule has 0 aliphatic heterocycles. The van der Waals surface area contributed by atoms with Crippen molar-refractivity contribution in [2.45, 2.75) is 19.9 Å². The highest BCUT2D eigenvalue weighted by atomic mass is 15.0. The first-order chi connectivity index (χ1) is 11.7. The minimum absolute atomic E-state index is 0.102. The second-order valence-electron chi connectivity index (χ2n) is 6.50. The van der Waals surface area contributed by atoms with E-state index in [2.05, 4.69) is 79.3 Å². The number of benzene rings is 2. The summed E-state index contributed by atoms with van der Waals surface area (Å²) in [5.74, 6) is 0. The Morgan fingerprint density at radius 3 is 2.25 bits per heavy atom. The average Bonchev–Trinajstić information content (AvgIpc) is 3.20. The largest absolute Gasteiger partial charge is 0.341 e. The summed E-state index contributed by atoms with van der Waals surface area (Å²) in [6.07, 6.45) is 4.20. The quantitative estimate of drug-likeness (QED) is 0.450. The van der Waals surface area contributed by atoms with Gasteiger partial charge in [-0.15, -0.1) is 0 Å². The van der Waals surface area contributed by atoms with E-state index >= 15 is 0 Å². The van der Waals surface area contributed by atoms with Crippen LogP contribution < -0.4 is 0 Å². The number of nitrogens with zero attached hydrogens (tertiary/aromatic N) is 3. The minimum Gasteiger partial charge on any atom is -0.341 e. The third-order valence-corrected chi connectivity index (χ3v) is 5.00. The van der Waals surface area contributed by atoms with Crippen LogP contribution in [0.5, 0.6) is 0 Å². The van der Waals surface area contributed by atoms with Crippen molar-refractivity contribution in [1.82, 2.24) is 14.5 Å². The lowest BCUT2D eigenvalue weighted by Gasteiger charge is -2.15. The molecule has 5 rings (SSSR count). The Kier molecular flexibility index (Phi) is 2.69. The molecule has 1 atom stereocenters. The SMILES string of the molecule is Cc1cc2nc3c(nc2cc1C)C(n1cccc1)c1ccccc1-3. The fourth-order valence-corrected chi connectivity index (χ4v) is 3.63. The first kappa shape index (κ1) is 13.5. The van der Waals surface area contributed by atoms with E-state index in [4.69, 9.17) is 9.97 Å². The van der Waals surface area contributed by atoms with Crippen molar-refractivity contribution in [2.75, 3.05) is 0 Å². The molecule has 116 valence electrons. The van der Waals surface area contributed by atoms with Crippen LogP contribution in [0.25, 0.3) is 22.3 Å². The van der Waals surface area contributed by atoms with Gasteiger partial charge in [0.2, 0.25) is 0 Å². The molecule has 0 radical (unpaired) electrons. The standard InChI is InChI=1S/C21H17N3/c1-13-11-17-18(12-14(13)2)23-20-19(22-17)15-7-3-4-8-16(15)21(20)24-9-5-6-10-24/h3-12,21H,1-2H3. The molecule has 0 saturated carbocycles. The van der Waals surface area contributed by atoms with E-state index in [1.807, 2.05) is 0 Å². The lowest BCUT2D eigenvalue weighted by molar-refractivity contribution is 0.679. The maximum absolute atomic E-state index is 5.03. The van der Waals surface area contributed by atoms with Crippen molar-refractivity contribution >= 4 is 11.0 Å². The topological polar surface area (TPSA) is 30.7 Å². The maximum atomic E-state index is 5.03. The van der Waals surface area contributed by atoms with Gasteiger partial charge in [0.1, 0.15) is 6.04 Å². The number of fused-ring (bicyclic) bond motifs is 4. The van der Waals surface area contributed by atoms with Crippen LogP contribution in [0.1, 0.15) is 28.4 Å². The van der Waals surface area contributed by atoms with Gasteiger partial charge < -0.3 is 4.57 Å². The summed E-state index contributed by atoms with van der Waals surface area (Å²) in [4.78, 5) is 10.0. The number of hydrogen-bond donors (Lipinski definition) is 0. The van der Waals surface area contributed by atoms with Gasteiger partial charge in [0, 0.05) is 18.0 Å². The first-order valence-electron chi connectivity index (χ1n) is 8.23. The van der Waals surface area contributed by atoms with E-state index in [9.17, 15) is 0 Å². The summed E-state index contributed by atoms with van der Waals surface area (Å²) in [5, 5.41) is 0. The minimum atomic E-state index is 0.102. The molecule has 0 N–H and O–H groups in total. The average molecular weight is 311 g/mol. The summed E-state index contributed by atoms with van der Waals surface area (Å²) >= 11 is 0. The second kappa shape index (κ2) is 4.78. The number of aromatic nitrogens is 3. The molecule has 1 aliphatic carbocycles. The van der Waals surface area contributed by atoms with Gasteiger partial charge in [0.25, 0.3) is 0 Å². The summed E-state index contributed by atoms with van der Waals surface area (Å²) in [6, 6.07) is 17.0. The molecular weight excluding hydrogens is 294 g/mol. The maximum Gasteiger partial charge on any atom is 0.103 e. The van der Waals surface area contributed by atoms with E-state index in [-0.39, 0.29) is 6.04 Å².